The van der Waals surface area contributed by atoms with Gasteiger partial charge in [-0.2, -0.15) is 0 Å². The maximum atomic E-state index is 5.84. The van der Waals surface area contributed by atoms with Crippen LogP contribution in [0.2, 0.25) is 5.28 Å². The van der Waals surface area contributed by atoms with Gasteiger partial charge >= 0.3 is 0 Å². The highest BCUT2D eigenvalue weighted by Crippen LogP contribution is 2.44. The molecule has 0 aromatic carbocycles. The second-order valence-electron chi connectivity index (χ2n) is 5.90. The zero-order valence-electron chi connectivity index (χ0n) is 9.76. The Hall–Kier alpha value is -0.630. The number of aromatic nitrogens is 2. The Morgan fingerprint density at radius 2 is 1.93 bits per heavy atom. The summed E-state index contributed by atoms with van der Waals surface area (Å²) in [6.07, 6.45) is 4.05. The standard InChI is InChI=1S/C12H17ClN2/c1-11(2)5-9-8(12(3,4)7-11)6-14-10(13)15-9/h6H,5,7H2,1-4H3. The van der Waals surface area contributed by atoms with Gasteiger partial charge in [0.15, 0.2) is 0 Å². The van der Waals surface area contributed by atoms with Crippen LogP contribution in [0.4, 0.5) is 0 Å². The predicted molar refractivity (Wildman–Crippen MR) is 62.2 cm³/mol. The van der Waals surface area contributed by atoms with E-state index in [0.29, 0.717) is 10.7 Å². The first-order valence-electron chi connectivity index (χ1n) is 5.32. The van der Waals surface area contributed by atoms with Gasteiger partial charge in [-0.3, -0.25) is 0 Å². The monoisotopic (exact) mass is 224 g/mol. The number of rotatable bonds is 0. The number of hydrogen-bond acceptors (Lipinski definition) is 2. The number of hydrogen-bond donors (Lipinski definition) is 0. The largest absolute Gasteiger partial charge is 0.226 e. The molecular weight excluding hydrogens is 208 g/mol. The van der Waals surface area contributed by atoms with Crippen LogP contribution < -0.4 is 0 Å². The molecule has 0 spiro atoms. The molecule has 0 aliphatic heterocycles. The van der Waals surface area contributed by atoms with E-state index in [2.05, 4.69) is 37.7 Å². The van der Waals surface area contributed by atoms with E-state index in [1.54, 1.807) is 0 Å². The van der Waals surface area contributed by atoms with Gasteiger partial charge in [-0.05, 0) is 40.8 Å². The highest BCUT2D eigenvalue weighted by atomic mass is 35.5. The first-order valence-corrected chi connectivity index (χ1v) is 5.70. The van der Waals surface area contributed by atoms with Crippen LogP contribution in [0.5, 0.6) is 0 Å². The molecule has 15 heavy (non-hydrogen) atoms. The topological polar surface area (TPSA) is 25.8 Å². The molecule has 0 amide bonds. The predicted octanol–water partition coefficient (Wildman–Crippen LogP) is 3.38. The Labute approximate surface area is 96.1 Å². The third-order valence-electron chi connectivity index (χ3n) is 3.13. The summed E-state index contributed by atoms with van der Waals surface area (Å²) < 4.78 is 0. The fourth-order valence-corrected chi connectivity index (χ4v) is 3.05. The summed E-state index contributed by atoms with van der Waals surface area (Å²) in [5.74, 6) is 0. The van der Waals surface area contributed by atoms with Gasteiger partial charge in [0.2, 0.25) is 5.28 Å². The lowest BCUT2D eigenvalue weighted by Crippen LogP contribution is -2.35. The lowest BCUT2D eigenvalue weighted by atomic mass is 9.64. The second kappa shape index (κ2) is 3.18. The van der Waals surface area contributed by atoms with Gasteiger partial charge < -0.3 is 0 Å². The van der Waals surface area contributed by atoms with E-state index in [4.69, 9.17) is 11.6 Å². The van der Waals surface area contributed by atoms with E-state index in [9.17, 15) is 0 Å². The smallest absolute Gasteiger partial charge is 0.222 e. The Kier molecular flexibility index (Phi) is 2.30. The van der Waals surface area contributed by atoms with Crippen molar-refractivity contribution in [2.75, 3.05) is 0 Å². The normalized spacial score (nSPS) is 22.2. The van der Waals surface area contributed by atoms with Gasteiger partial charge in [0.05, 0.1) is 0 Å². The molecule has 1 aromatic rings. The molecule has 1 heterocycles. The minimum atomic E-state index is 0.154. The van der Waals surface area contributed by atoms with Gasteiger partial charge in [-0.25, -0.2) is 9.97 Å². The molecule has 2 nitrogen and oxygen atoms in total. The van der Waals surface area contributed by atoms with Crippen molar-refractivity contribution < 1.29 is 0 Å². The third-order valence-corrected chi connectivity index (χ3v) is 3.32. The Morgan fingerprint density at radius 1 is 1.27 bits per heavy atom. The van der Waals surface area contributed by atoms with Crippen LogP contribution in [-0.4, -0.2) is 9.97 Å². The average molecular weight is 225 g/mol. The quantitative estimate of drug-likeness (QED) is 0.632. The molecule has 1 aliphatic rings. The molecule has 0 saturated heterocycles. The molecule has 0 unspecified atom stereocenters. The lowest BCUT2D eigenvalue weighted by molar-refractivity contribution is 0.227. The SMILES string of the molecule is CC1(C)Cc2nc(Cl)ncc2C(C)(C)C1. The maximum Gasteiger partial charge on any atom is 0.222 e. The van der Waals surface area contributed by atoms with Gasteiger partial charge in [-0.1, -0.05) is 27.7 Å². The van der Waals surface area contributed by atoms with E-state index in [-0.39, 0.29) is 5.41 Å². The first-order chi connectivity index (χ1) is 6.80. The van der Waals surface area contributed by atoms with Crippen LogP contribution in [0.25, 0.3) is 0 Å². The molecule has 0 N–H and O–H groups in total. The summed E-state index contributed by atoms with van der Waals surface area (Å²) in [5.41, 5.74) is 2.83. The average Bonchev–Trinajstić information content (AvgIpc) is 1.97. The van der Waals surface area contributed by atoms with E-state index in [1.807, 2.05) is 6.20 Å². The van der Waals surface area contributed by atoms with Crippen molar-refractivity contribution >= 4 is 11.6 Å². The van der Waals surface area contributed by atoms with E-state index < -0.39 is 0 Å². The molecule has 0 fully saturated rings. The van der Waals surface area contributed by atoms with Crippen molar-refractivity contribution in [1.29, 1.82) is 0 Å². The lowest BCUT2D eigenvalue weighted by Gasteiger charge is -2.41. The van der Waals surface area contributed by atoms with Crippen LogP contribution in [0.15, 0.2) is 6.20 Å². The fourth-order valence-electron chi connectivity index (χ4n) is 2.90. The van der Waals surface area contributed by atoms with E-state index in [1.165, 1.54) is 5.56 Å². The van der Waals surface area contributed by atoms with Gasteiger partial charge in [0.25, 0.3) is 0 Å². The Morgan fingerprint density at radius 3 is 2.60 bits per heavy atom. The molecule has 1 aromatic heterocycles. The molecule has 82 valence electrons. The number of fused-ring (bicyclic) bond motifs is 1. The molecule has 2 rings (SSSR count). The number of nitrogens with zero attached hydrogens (tertiary/aromatic N) is 2. The van der Waals surface area contributed by atoms with Crippen molar-refractivity contribution in [3.8, 4) is 0 Å². The summed E-state index contributed by atoms with van der Waals surface area (Å²) in [7, 11) is 0. The summed E-state index contributed by atoms with van der Waals surface area (Å²) >= 11 is 5.84. The summed E-state index contributed by atoms with van der Waals surface area (Å²) in [5, 5.41) is 0.363. The highest BCUT2D eigenvalue weighted by Gasteiger charge is 2.38. The molecule has 0 atom stereocenters. The molecular formula is C12H17ClN2. The zero-order valence-corrected chi connectivity index (χ0v) is 10.5. The molecule has 0 bridgehead atoms. The minimum absolute atomic E-state index is 0.154. The van der Waals surface area contributed by atoms with E-state index >= 15 is 0 Å². The summed E-state index contributed by atoms with van der Waals surface area (Å²) in [4.78, 5) is 8.45. The maximum absolute atomic E-state index is 5.84. The summed E-state index contributed by atoms with van der Waals surface area (Å²) in [6, 6.07) is 0. The van der Waals surface area contributed by atoms with Crippen molar-refractivity contribution in [3.05, 3.63) is 22.7 Å². The van der Waals surface area contributed by atoms with Crippen LogP contribution >= 0.6 is 11.6 Å². The van der Waals surface area contributed by atoms with Crippen molar-refractivity contribution in [3.63, 3.8) is 0 Å². The summed E-state index contributed by atoms with van der Waals surface area (Å²) in [6.45, 7) is 9.08. The highest BCUT2D eigenvalue weighted by molar-refractivity contribution is 6.28. The zero-order chi connectivity index (χ0) is 11.3. The van der Waals surface area contributed by atoms with E-state index in [0.717, 1.165) is 18.5 Å². The minimum Gasteiger partial charge on any atom is -0.226 e. The van der Waals surface area contributed by atoms with Gasteiger partial charge in [0.1, 0.15) is 0 Å². The van der Waals surface area contributed by atoms with Gasteiger partial charge in [0, 0.05) is 11.9 Å². The third kappa shape index (κ3) is 2.00. The van der Waals surface area contributed by atoms with Crippen molar-refractivity contribution in [2.45, 2.75) is 46.0 Å². The van der Waals surface area contributed by atoms with Crippen molar-refractivity contribution in [2.24, 2.45) is 5.41 Å². The van der Waals surface area contributed by atoms with Crippen LogP contribution in [-0.2, 0) is 11.8 Å². The fraction of sp³-hybridized carbons (Fsp3) is 0.667. The molecule has 1 aliphatic carbocycles. The van der Waals surface area contributed by atoms with Crippen LogP contribution in [0.1, 0.15) is 45.4 Å². The Bertz CT molecular complexity index is 397. The van der Waals surface area contributed by atoms with Crippen molar-refractivity contribution in [1.82, 2.24) is 9.97 Å². The molecule has 0 radical (unpaired) electrons. The van der Waals surface area contributed by atoms with Crippen LogP contribution in [0, 0.1) is 5.41 Å². The van der Waals surface area contributed by atoms with Crippen LogP contribution in [0.3, 0.4) is 0 Å². The van der Waals surface area contributed by atoms with Gasteiger partial charge in [-0.15, -0.1) is 0 Å². The first kappa shape index (κ1) is 10.9. The second-order valence-corrected chi connectivity index (χ2v) is 6.24. The number of halogens is 1. The Balaban J connectivity index is 2.55. The molecule has 0 saturated carbocycles. The molecule has 3 heteroatoms.